The monoisotopic (exact) mass is 274 g/mol. The van der Waals surface area contributed by atoms with Gasteiger partial charge in [-0.2, -0.15) is 0 Å². The highest BCUT2D eigenvalue weighted by Crippen LogP contribution is 2.19. The molecule has 1 aromatic rings. The molecule has 6 heteroatoms. The summed E-state index contributed by atoms with van der Waals surface area (Å²) in [6.45, 7) is 1.76. The molecule has 0 aliphatic rings. The molecule has 0 aliphatic carbocycles. The van der Waals surface area contributed by atoms with Crippen molar-refractivity contribution in [3.05, 3.63) is 29.0 Å². The highest BCUT2D eigenvalue weighted by Gasteiger charge is 2.12. The van der Waals surface area contributed by atoms with Crippen LogP contribution in [0.1, 0.15) is 13.3 Å². The van der Waals surface area contributed by atoms with Crippen LogP contribution >= 0.6 is 23.8 Å². The van der Waals surface area contributed by atoms with Crippen LogP contribution in [0.25, 0.3) is 0 Å². The Labute approximate surface area is 109 Å². The molecule has 92 valence electrons. The van der Waals surface area contributed by atoms with E-state index in [0.717, 1.165) is 0 Å². The lowest BCUT2D eigenvalue weighted by Crippen LogP contribution is -2.24. The summed E-state index contributed by atoms with van der Waals surface area (Å²) >= 11 is 10.4. The molecule has 1 unspecified atom stereocenters. The van der Waals surface area contributed by atoms with Crippen molar-refractivity contribution < 1.29 is 9.18 Å². The van der Waals surface area contributed by atoms with Crippen molar-refractivity contribution in [2.45, 2.75) is 13.3 Å². The molecule has 3 N–H and O–H groups in total. The third-order valence-electron chi connectivity index (χ3n) is 2.18. The molecule has 17 heavy (non-hydrogen) atoms. The maximum absolute atomic E-state index is 12.9. The van der Waals surface area contributed by atoms with Crippen molar-refractivity contribution in [2.24, 2.45) is 11.7 Å². The molecule has 0 heterocycles. The van der Waals surface area contributed by atoms with E-state index >= 15 is 0 Å². The number of benzene rings is 1. The normalized spacial score (nSPS) is 11.9. The number of halogens is 2. The number of amides is 1. The Hall–Kier alpha value is -1.20. The topological polar surface area (TPSA) is 55.1 Å². The summed E-state index contributed by atoms with van der Waals surface area (Å²) in [5, 5.41) is 2.55. The van der Waals surface area contributed by atoms with Crippen LogP contribution in [0.3, 0.4) is 0 Å². The Bertz CT molecular complexity index is 453. The van der Waals surface area contributed by atoms with E-state index in [4.69, 9.17) is 29.6 Å². The molecule has 0 saturated heterocycles. The van der Waals surface area contributed by atoms with Crippen molar-refractivity contribution in [1.82, 2.24) is 0 Å². The highest BCUT2D eigenvalue weighted by atomic mass is 35.5. The quantitative estimate of drug-likeness (QED) is 0.830. The van der Waals surface area contributed by atoms with E-state index in [1.165, 1.54) is 18.2 Å². The van der Waals surface area contributed by atoms with E-state index in [1.54, 1.807) is 6.92 Å². The fourth-order valence-electron chi connectivity index (χ4n) is 1.16. The van der Waals surface area contributed by atoms with Crippen LogP contribution in [0.5, 0.6) is 0 Å². The fourth-order valence-corrected chi connectivity index (χ4v) is 1.43. The molecular weight excluding hydrogens is 263 g/mol. The Kier molecular flexibility index (Phi) is 4.84. The summed E-state index contributed by atoms with van der Waals surface area (Å²) < 4.78 is 12.9. The number of carbonyl (C=O) groups excluding carboxylic acids is 1. The van der Waals surface area contributed by atoms with Gasteiger partial charge in [0, 0.05) is 18.0 Å². The van der Waals surface area contributed by atoms with E-state index < -0.39 is 5.82 Å². The number of hydrogen-bond donors (Lipinski definition) is 2. The van der Waals surface area contributed by atoms with Crippen LogP contribution in [-0.4, -0.2) is 10.9 Å². The summed E-state index contributed by atoms with van der Waals surface area (Å²) in [7, 11) is 0. The van der Waals surface area contributed by atoms with Crippen molar-refractivity contribution >= 4 is 40.4 Å². The lowest BCUT2D eigenvalue weighted by Gasteiger charge is -2.10. The molecule has 0 fully saturated rings. The van der Waals surface area contributed by atoms with Gasteiger partial charge in [0.25, 0.3) is 0 Å². The molecule has 3 nitrogen and oxygen atoms in total. The van der Waals surface area contributed by atoms with Gasteiger partial charge in [-0.1, -0.05) is 30.7 Å². The van der Waals surface area contributed by atoms with Crippen LogP contribution in [0, 0.1) is 11.7 Å². The summed E-state index contributed by atoms with van der Waals surface area (Å²) in [5.74, 6) is -0.949. The predicted molar refractivity (Wildman–Crippen MR) is 70.6 cm³/mol. The number of carbonyl (C=O) groups is 1. The molecule has 0 bridgehead atoms. The summed E-state index contributed by atoms with van der Waals surface area (Å²) in [6, 6.07) is 3.97. The SMILES string of the molecule is CC(CC(=O)Nc1ccc(F)c(Cl)c1)C(N)=S. The average Bonchev–Trinajstić information content (AvgIpc) is 2.23. The molecule has 0 radical (unpaired) electrons. The second kappa shape index (κ2) is 5.93. The number of thiocarbonyl (C=S) groups is 1. The standard InChI is InChI=1S/C11H12ClFN2OS/c1-6(11(14)17)4-10(16)15-7-2-3-9(13)8(12)5-7/h2-3,5-6H,4H2,1H3,(H2,14,17)(H,15,16). The summed E-state index contributed by atoms with van der Waals surface area (Å²) in [6.07, 6.45) is 0.185. The van der Waals surface area contributed by atoms with Gasteiger partial charge in [0.15, 0.2) is 0 Å². The molecule has 0 aliphatic heterocycles. The van der Waals surface area contributed by atoms with E-state index in [2.05, 4.69) is 5.32 Å². The zero-order valence-electron chi connectivity index (χ0n) is 9.17. The maximum atomic E-state index is 12.9. The van der Waals surface area contributed by atoms with E-state index in [9.17, 15) is 9.18 Å². The third kappa shape index (κ3) is 4.28. The molecule has 1 rings (SSSR count). The van der Waals surface area contributed by atoms with Gasteiger partial charge >= 0.3 is 0 Å². The van der Waals surface area contributed by atoms with Gasteiger partial charge < -0.3 is 11.1 Å². The van der Waals surface area contributed by atoms with Crippen molar-refractivity contribution in [3.8, 4) is 0 Å². The summed E-state index contributed by atoms with van der Waals surface area (Å²) in [5.41, 5.74) is 5.84. The largest absolute Gasteiger partial charge is 0.393 e. The zero-order chi connectivity index (χ0) is 13.0. The minimum Gasteiger partial charge on any atom is -0.393 e. The molecule has 0 spiro atoms. The Balaban J connectivity index is 2.62. The minimum absolute atomic E-state index is 0.0369. The fraction of sp³-hybridized carbons (Fsp3) is 0.273. The van der Waals surface area contributed by atoms with Crippen LogP contribution in [0.4, 0.5) is 10.1 Å². The van der Waals surface area contributed by atoms with Crippen molar-refractivity contribution in [3.63, 3.8) is 0 Å². The first-order valence-electron chi connectivity index (χ1n) is 4.94. The Morgan fingerprint density at radius 3 is 2.82 bits per heavy atom. The lowest BCUT2D eigenvalue weighted by molar-refractivity contribution is -0.116. The van der Waals surface area contributed by atoms with Gasteiger partial charge in [-0.25, -0.2) is 4.39 Å². The van der Waals surface area contributed by atoms with Crippen LogP contribution < -0.4 is 11.1 Å². The van der Waals surface area contributed by atoms with Gasteiger partial charge in [-0.05, 0) is 18.2 Å². The van der Waals surface area contributed by atoms with Gasteiger partial charge in [0.05, 0.1) is 10.0 Å². The predicted octanol–water partition coefficient (Wildman–Crippen LogP) is 2.73. The molecule has 1 amide bonds. The number of hydrogen-bond acceptors (Lipinski definition) is 2. The van der Waals surface area contributed by atoms with Crippen LogP contribution in [0.2, 0.25) is 5.02 Å². The Morgan fingerprint density at radius 1 is 1.65 bits per heavy atom. The molecular formula is C11H12ClFN2OS. The van der Waals surface area contributed by atoms with Crippen LogP contribution in [0.15, 0.2) is 18.2 Å². The average molecular weight is 275 g/mol. The number of anilines is 1. The lowest BCUT2D eigenvalue weighted by atomic mass is 10.1. The summed E-state index contributed by atoms with van der Waals surface area (Å²) in [4.78, 5) is 11.8. The van der Waals surface area contributed by atoms with Crippen molar-refractivity contribution in [2.75, 3.05) is 5.32 Å². The first kappa shape index (κ1) is 13.9. The first-order valence-corrected chi connectivity index (χ1v) is 5.73. The van der Waals surface area contributed by atoms with E-state index in [0.29, 0.717) is 5.69 Å². The highest BCUT2D eigenvalue weighted by molar-refractivity contribution is 7.80. The van der Waals surface area contributed by atoms with E-state index in [-0.39, 0.29) is 28.3 Å². The van der Waals surface area contributed by atoms with Gasteiger partial charge in [-0.3, -0.25) is 4.79 Å². The first-order chi connectivity index (χ1) is 7.90. The number of rotatable bonds is 4. The zero-order valence-corrected chi connectivity index (χ0v) is 10.7. The molecule has 0 aromatic heterocycles. The Morgan fingerprint density at radius 2 is 2.29 bits per heavy atom. The van der Waals surface area contributed by atoms with E-state index in [1.807, 2.05) is 0 Å². The van der Waals surface area contributed by atoms with Crippen LogP contribution in [-0.2, 0) is 4.79 Å². The molecule has 1 atom stereocenters. The van der Waals surface area contributed by atoms with Gasteiger partial charge in [-0.15, -0.1) is 0 Å². The molecule has 1 aromatic carbocycles. The number of nitrogens with two attached hydrogens (primary N) is 1. The second-order valence-corrected chi connectivity index (χ2v) is 4.56. The van der Waals surface area contributed by atoms with Gasteiger partial charge in [0.1, 0.15) is 5.82 Å². The minimum atomic E-state index is -0.527. The van der Waals surface area contributed by atoms with Crippen molar-refractivity contribution in [1.29, 1.82) is 0 Å². The maximum Gasteiger partial charge on any atom is 0.225 e. The van der Waals surface area contributed by atoms with Gasteiger partial charge in [0.2, 0.25) is 5.91 Å². The smallest absolute Gasteiger partial charge is 0.225 e. The number of nitrogens with one attached hydrogen (secondary N) is 1. The molecule has 0 saturated carbocycles. The second-order valence-electron chi connectivity index (χ2n) is 3.68. The third-order valence-corrected chi connectivity index (χ3v) is 2.87.